The lowest BCUT2D eigenvalue weighted by Crippen LogP contribution is -2.34. The van der Waals surface area contributed by atoms with Gasteiger partial charge in [0, 0.05) is 21.3 Å². The maximum absolute atomic E-state index is 13.1. The van der Waals surface area contributed by atoms with E-state index < -0.39 is 10.0 Å². The Labute approximate surface area is 147 Å². The molecule has 1 aliphatic rings. The van der Waals surface area contributed by atoms with Gasteiger partial charge in [0.1, 0.15) is 0 Å². The molecule has 1 atom stereocenters. The molecule has 2 aromatic rings. The lowest BCUT2D eigenvalue weighted by atomic mass is 10.1. The molecular formula is C17H20ClNO2S2. The van der Waals surface area contributed by atoms with Crippen molar-refractivity contribution >= 4 is 33.0 Å². The zero-order valence-electron chi connectivity index (χ0n) is 13.0. The summed E-state index contributed by atoms with van der Waals surface area (Å²) >= 11 is 7.59. The first-order valence-corrected chi connectivity index (χ1v) is 10.5. The second-order valence-electron chi connectivity index (χ2n) is 5.88. The van der Waals surface area contributed by atoms with Crippen LogP contribution in [0.2, 0.25) is 5.02 Å². The molecule has 0 saturated carbocycles. The number of halogens is 1. The highest BCUT2D eigenvalue weighted by atomic mass is 35.5. The summed E-state index contributed by atoms with van der Waals surface area (Å²) in [5.41, 5.74) is 0. The van der Waals surface area contributed by atoms with Crippen LogP contribution in [-0.4, -0.2) is 19.3 Å². The van der Waals surface area contributed by atoms with Crippen LogP contribution in [0.4, 0.5) is 0 Å². The first-order valence-electron chi connectivity index (χ1n) is 7.82. The second kappa shape index (κ2) is 6.93. The average molecular weight is 370 g/mol. The summed E-state index contributed by atoms with van der Waals surface area (Å²) in [4.78, 5) is 2.68. The predicted molar refractivity (Wildman–Crippen MR) is 95.6 cm³/mol. The topological polar surface area (TPSA) is 37.4 Å². The molecule has 3 nitrogen and oxygen atoms in total. The average Bonchev–Trinajstić information content (AvgIpc) is 2.80. The molecule has 0 bridgehead atoms. The van der Waals surface area contributed by atoms with E-state index in [1.165, 1.54) is 4.88 Å². The van der Waals surface area contributed by atoms with E-state index in [-0.39, 0.29) is 6.04 Å². The number of thiophene rings is 1. The summed E-state index contributed by atoms with van der Waals surface area (Å²) in [5, 5.41) is 0.547. The molecule has 0 spiro atoms. The molecule has 1 aromatic heterocycles. The molecule has 1 fully saturated rings. The largest absolute Gasteiger partial charge is 0.243 e. The molecule has 1 aliphatic heterocycles. The van der Waals surface area contributed by atoms with Crippen molar-refractivity contribution in [2.75, 3.05) is 6.54 Å². The van der Waals surface area contributed by atoms with Gasteiger partial charge in [-0.15, -0.1) is 11.3 Å². The van der Waals surface area contributed by atoms with E-state index in [4.69, 9.17) is 11.6 Å². The van der Waals surface area contributed by atoms with Crippen LogP contribution >= 0.6 is 22.9 Å². The fourth-order valence-corrected chi connectivity index (χ4v) is 5.92. The van der Waals surface area contributed by atoms with E-state index in [9.17, 15) is 8.42 Å². The van der Waals surface area contributed by atoms with Crippen LogP contribution in [0.15, 0.2) is 41.3 Å². The van der Waals surface area contributed by atoms with Crippen LogP contribution in [0.1, 0.15) is 41.5 Å². The lowest BCUT2D eigenvalue weighted by molar-refractivity contribution is 0.333. The number of rotatable bonds is 3. The third-order valence-corrected chi connectivity index (χ3v) is 7.49. The fraction of sp³-hybridized carbons (Fsp3) is 0.412. The monoisotopic (exact) mass is 369 g/mol. The normalized spacial score (nSPS) is 20.3. The molecule has 0 radical (unpaired) electrons. The summed E-state index contributed by atoms with van der Waals surface area (Å²) in [6.07, 6.45) is 3.93. The van der Waals surface area contributed by atoms with Gasteiger partial charge in [0.2, 0.25) is 10.0 Å². The highest BCUT2D eigenvalue weighted by Gasteiger charge is 2.34. The molecule has 1 aromatic carbocycles. The van der Waals surface area contributed by atoms with Gasteiger partial charge in [-0.3, -0.25) is 0 Å². The van der Waals surface area contributed by atoms with E-state index in [0.717, 1.165) is 30.6 Å². The second-order valence-corrected chi connectivity index (χ2v) is 9.53. The van der Waals surface area contributed by atoms with Crippen molar-refractivity contribution in [3.8, 4) is 0 Å². The Hall–Kier alpha value is -0.880. The van der Waals surface area contributed by atoms with Gasteiger partial charge in [0.15, 0.2) is 0 Å². The minimum atomic E-state index is -3.51. The van der Waals surface area contributed by atoms with E-state index in [1.54, 1.807) is 39.9 Å². The number of nitrogens with zero attached hydrogens (tertiary/aromatic N) is 1. The van der Waals surface area contributed by atoms with Gasteiger partial charge >= 0.3 is 0 Å². The maximum atomic E-state index is 13.1. The molecule has 0 unspecified atom stereocenters. The van der Waals surface area contributed by atoms with Crippen LogP contribution in [0.3, 0.4) is 0 Å². The first kappa shape index (κ1) is 17.0. The molecule has 0 N–H and O–H groups in total. The maximum Gasteiger partial charge on any atom is 0.243 e. The lowest BCUT2D eigenvalue weighted by Gasteiger charge is -2.28. The van der Waals surface area contributed by atoms with Gasteiger partial charge < -0.3 is 0 Å². The minimum absolute atomic E-state index is 0.0584. The number of hydrogen-bond donors (Lipinski definition) is 0. The molecule has 23 heavy (non-hydrogen) atoms. The minimum Gasteiger partial charge on any atom is -0.207 e. The zero-order chi connectivity index (χ0) is 16.4. The van der Waals surface area contributed by atoms with E-state index in [1.807, 2.05) is 0 Å². The molecule has 0 amide bonds. The Balaban J connectivity index is 2.00. The predicted octanol–water partition coefficient (Wildman–Crippen LogP) is 5.02. The standard InChI is InChI=1S/C17H20ClNO2S2/c1-13-6-11-17(22-13)16-5-3-2-4-12-19(16)23(20,21)15-9-7-14(18)8-10-15/h6-11,16H,2-5,12H2,1H3/t16-/m0/s1. The summed E-state index contributed by atoms with van der Waals surface area (Å²) in [6.45, 7) is 2.63. The number of benzene rings is 1. The van der Waals surface area contributed by atoms with Gasteiger partial charge in [-0.25, -0.2) is 8.42 Å². The van der Waals surface area contributed by atoms with Crippen molar-refractivity contribution in [3.63, 3.8) is 0 Å². The van der Waals surface area contributed by atoms with E-state index >= 15 is 0 Å². The SMILES string of the molecule is Cc1ccc([C@@H]2CCCCCN2S(=O)(=O)c2ccc(Cl)cc2)s1. The fourth-order valence-electron chi connectivity index (χ4n) is 3.03. The molecule has 6 heteroatoms. The van der Waals surface area contributed by atoms with Crippen molar-refractivity contribution in [2.24, 2.45) is 0 Å². The van der Waals surface area contributed by atoms with Crippen LogP contribution < -0.4 is 0 Å². The summed E-state index contributed by atoms with van der Waals surface area (Å²) in [6, 6.07) is 10.5. The Kier molecular flexibility index (Phi) is 5.11. The third-order valence-electron chi connectivity index (χ3n) is 4.21. The zero-order valence-corrected chi connectivity index (χ0v) is 15.4. The van der Waals surface area contributed by atoms with Crippen LogP contribution in [0, 0.1) is 6.92 Å². The van der Waals surface area contributed by atoms with Crippen molar-refractivity contribution in [3.05, 3.63) is 51.2 Å². The molecule has 3 rings (SSSR count). The Bertz CT molecular complexity index is 768. The Morgan fingerprint density at radius 3 is 2.48 bits per heavy atom. The highest BCUT2D eigenvalue weighted by Crippen LogP contribution is 2.37. The number of sulfonamides is 1. The van der Waals surface area contributed by atoms with Gasteiger partial charge in [-0.05, 0) is 56.2 Å². The van der Waals surface area contributed by atoms with E-state index in [0.29, 0.717) is 16.5 Å². The van der Waals surface area contributed by atoms with Gasteiger partial charge in [-0.1, -0.05) is 24.4 Å². The highest BCUT2D eigenvalue weighted by molar-refractivity contribution is 7.89. The van der Waals surface area contributed by atoms with E-state index in [2.05, 4.69) is 19.1 Å². The third kappa shape index (κ3) is 3.63. The van der Waals surface area contributed by atoms with Crippen molar-refractivity contribution < 1.29 is 8.42 Å². The van der Waals surface area contributed by atoms with Crippen molar-refractivity contribution in [2.45, 2.75) is 43.5 Å². The van der Waals surface area contributed by atoms with Crippen LogP contribution in [0.25, 0.3) is 0 Å². The van der Waals surface area contributed by atoms with Gasteiger partial charge in [-0.2, -0.15) is 4.31 Å². The van der Waals surface area contributed by atoms with Crippen molar-refractivity contribution in [1.82, 2.24) is 4.31 Å². The molecule has 124 valence electrons. The summed E-state index contributed by atoms with van der Waals surface area (Å²) < 4.78 is 27.9. The van der Waals surface area contributed by atoms with Gasteiger partial charge in [0.05, 0.1) is 10.9 Å². The first-order chi connectivity index (χ1) is 11.0. The molecular weight excluding hydrogens is 350 g/mol. The Morgan fingerprint density at radius 2 is 1.83 bits per heavy atom. The molecule has 2 heterocycles. The summed E-state index contributed by atoms with van der Waals surface area (Å²) in [7, 11) is -3.51. The number of hydrogen-bond acceptors (Lipinski definition) is 3. The van der Waals surface area contributed by atoms with Crippen LogP contribution in [0.5, 0.6) is 0 Å². The van der Waals surface area contributed by atoms with Crippen molar-refractivity contribution in [1.29, 1.82) is 0 Å². The molecule has 1 saturated heterocycles. The van der Waals surface area contributed by atoms with Gasteiger partial charge in [0.25, 0.3) is 0 Å². The smallest absolute Gasteiger partial charge is 0.207 e. The number of aryl methyl sites for hydroxylation is 1. The summed E-state index contributed by atoms with van der Waals surface area (Å²) in [5.74, 6) is 0. The Morgan fingerprint density at radius 1 is 1.09 bits per heavy atom. The van der Waals surface area contributed by atoms with Crippen LogP contribution in [-0.2, 0) is 10.0 Å². The molecule has 0 aliphatic carbocycles. The quantitative estimate of drug-likeness (QED) is 0.762.